The fraction of sp³-hybridized carbons (Fsp3) is 0.429. The highest BCUT2D eigenvalue weighted by molar-refractivity contribution is 9.10. The van der Waals surface area contributed by atoms with E-state index in [1.165, 1.54) is 24.8 Å². The number of nitrogens with zero attached hydrogens (tertiary/aromatic N) is 3. The van der Waals surface area contributed by atoms with Crippen molar-refractivity contribution in [2.24, 2.45) is 7.05 Å². The van der Waals surface area contributed by atoms with Gasteiger partial charge in [0.2, 0.25) is 0 Å². The fourth-order valence-corrected chi connectivity index (χ4v) is 3.36. The molecule has 1 aromatic heterocycles. The molecule has 3 nitrogen and oxygen atoms in total. The molecule has 3 rings (SSSR count). The van der Waals surface area contributed by atoms with Gasteiger partial charge in [0.15, 0.2) is 5.16 Å². The van der Waals surface area contributed by atoms with Gasteiger partial charge in [-0.2, -0.15) is 0 Å². The van der Waals surface area contributed by atoms with Gasteiger partial charge in [0.1, 0.15) is 5.82 Å². The van der Waals surface area contributed by atoms with Crippen LogP contribution in [-0.2, 0) is 18.9 Å². The average molecular weight is 338 g/mol. The van der Waals surface area contributed by atoms with E-state index >= 15 is 0 Å². The van der Waals surface area contributed by atoms with Crippen molar-refractivity contribution in [1.82, 2.24) is 14.8 Å². The third-order valence-electron chi connectivity index (χ3n) is 4.19. The molecular formula is C14H16BrN3S. The maximum Gasteiger partial charge on any atom is 0.187 e. The van der Waals surface area contributed by atoms with Gasteiger partial charge in [-0.05, 0) is 30.5 Å². The molecule has 5 heteroatoms. The van der Waals surface area contributed by atoms with Crippen LogP contribution in [0.2, 0.25) is 0 Å². The zero-order chi connectivity index (χ0) is 13.5. The summed E-state index contributed by atoms with van der Waals surface area (Å²) in [5, 5.41) is 8.97. The van der Waals surface area contributed by atoms with Gasteiger partial charge in [0.25, 0.3) is 0 Å². The fourth-order valence-electron chi connectivity index (χ4n) is 2.80. The highest BCUT2D eigenvalue weighted by Gasteiger charge is 2.40. The van der Waals surface area contributed by atoms with Gasteiger partial charge in [-0.3, -0.25) is 0 Å². The lowest BCUT2D eigenvalue weighted by Gasteiger charge is -2.42. The lowest BCUT2D eigenvalue weighted by Crippen LogP contribution is -2.37. The van der Waals surface area contributed by atoms with Crippen LogP contribution in [0.5, 0.6) is 0 Å². The zero-order valence-electron chi connectivity index (χ0n) is 10.8. The van der Waals surface area contributed by atoms with E-state index in [0.29, 0.717) is 5.16 Å². The minimum absolute atomic E-state index is 0.227. The number of thiol groups is 1. The summed E-state index contributed by atoms with van der Waals surface area (Å²) in [6.07, 6.45) is 4.67. The molecule has 100 valence electrons. The van der Waals surface area contributed by atoms with Crippen molar-refractivity contribution in [3.63, 3.8) is 0 Å². The van der Waals surface area contributed by atoms with E-state index < -0.39 is 0 Å². The standard InChI is InChI=1S/C14H16BrN3S/c1-18-12(16-17-13(18)19)9-14(6-3-7-14)10-4-2-5-11(15)8-10/h2,4-5,8H,3,6-7,9H2,1H3,(H,17,19). The number of hydrogen-bond acceptors (Lipinski definition) is 3. The topological polar surface area (TPSA) is 30.7 Å². The van der Waals surface area contributed by atoms with E-state index in [0.717, 1.165) is 16.7 Å². The van der Waals surface area contributed by atoms with Gasteiger partial charge in [0, 0.05) is 23.4 Å². The number of benzene rings is 1. The first-order chi connectivity index (χ1) is 9.11. The Labute approximate surface area is 127 Å². The SMILES string of the molecule is Cn1c(S)nnc1CC1(c2cccc(Br)c2)CCC1. The van der Waals surface area contributed by atoms with E-state index in [9.17, 15) is 0 Å². The molecule has 1 heterocycles. The monoisotopic (exact) mass is 337 g/mol. The Kier molecular flexibility index (Phi) is 3.43. The zero-order valence-corrected chi connectivity index (χ0v) is 13.3. The van der Waals surface area contributed by atoms with E-state index in [1.807, 2.05) is 11.6 Å². The normalized spacial score (nSPS) is 17.2. The van der Waals surface area contributed by atoms with Gasteiger partial charge < -0.3 is 4.57 Å². The van der Waals surface area contributed by atoms with Crippen LogP contribution >= 0.6 is 28.6 Å². The summed E-state index contributed by atoms with van der Waals surface area (Å²) in [6.45, 7) is 0. The quantitative estimate of drug-likeness (QED) is 0.868. The first-order valence-electron chi connectivity index (χ1n) is 6.44. The molecule has 19 heavy (non-hydrogen) atoms. The molecule has 0 amide bonds. The molecule has 0 radical (unpaired) electrons. The van der Waals surface area contributed by atoms with Crippen molar-refractivity contribution < 1.29 is 0 Å². The Balaban J connectivity index is 1.94. The molecule has 0 saturated heterocycles. The molecule has 1 aliphatic rings. The van der Waals surface area contributed by atoms with Crippen LogP contribution in [0.25, 0.3) is 0 Å². The summed E-state index contributed by atoms with van der Waals surface area (Å²) in [5.74, 6) is 1.02. The largest absolute Gasteiger partial charge is 0.309 e. The van der Waals surface area contributed by atoms with E-state index in [-0.39, 0.29) is 5.41 Å². The second-order valence-corrected chi connectivity index (χ2v) is 6.61. The van der Waals surface area contributed by atoms with Crippen LogP contribution in [0.4, 0.5) is 0 Å². The van der Waals surface area contributed by atoms with E-state index in [2.05, 4.69) is 63.0 Å². The Morgan fingerprint density at radius 1 is 1.37 bits per heavy atom. The van der Waals surface area contributed by atoms with Crippen LogP contribution in [0.3, 0.4) is 0 Å². The minimum atomic E-state index is 0.227. The van der Waals surface area contributed by atoms with Crippen molar-refractivity contribution in [2.45, 2.75) is 36.3 Å². The summed E-state index contributed by atoms with van der Waals surface area (Å²) in [7, 11) is 1.98. The molecule has 0 N–H and O–H groups in total. The molecule has 0 unspecified atom stereocenters. The minimum Gasteiger partial charge on any atom is -0.309 e. The smallest absolute Gasteiger partial charge is 0.187 e. The highest BCUT2D eigenvalue weighted by atomic mass is 79.9. The lowest BCUT2D eigenvalue weighted by atomic mass is 9.62. The van der Waals surface area contributed by atoms with Crippen LogP contribution in [0.1, 0.15) is 30.7 Å². The van der Waals surface area contributed by atoms with E-state index in [4.69, 9.17) is 0 Å². The third-order valence-corrected chi connectivity index (χ3v) is 5.07. The molecule has 0 bridgehead atoms. The molecule has 0 aliphatic heterocycles. The molecule has 1 fully saturated rings. The lowest BCUT2D eigenvalue weighted by molar-refractivity contribution is 0.235. The first-order valence-corrected chi connectivity index (χ1v) is 7.68. The summed E-state index contributed by atoms with van der Waals surface area (Å²) in [6, 6.07) is 8.64. The molecule has 0 spiro atoms. The number of aromatic nitrogens is 3. The Morgan fingerprint density at radius 2 is 2.16 bits per heavy atom. The molecular weight excluding hydrogens is 322 g/mol. The molecule has 2 aromatic rings. The van der Waals surface area contributed by atoms with Crippen LogP contribution in [-0.4, -0.2) is 14.8 Å². The third kappa shape index (κ3) is 2.34. The molecule has 1 aromatic carbocycles. The maximum absolute atomic E-state index is 4.30. The van der Waals surface area contributed by atoms with Crippen molar-refractivity contribution in [3.05, 3.63) is 40.1 Å². The Hall–Kier alpha value is -0.810. The summed E-state index contributed by atoms with van der Waals surface area (Å²) >= 11 is 7.87. The van der Waals surface area contributed by atoms with Crippen LogP contribution in [0, 0.1) is 0 Å². The van der Waals surface area contributed by atoms with Crippen molar-refractivity contribution in [3.8, 4) is 0 Å². The maximum atomic E-state index is 4.30. The average Bonchev–Trinajstić information content (AvgIpc) is 2.65. The van der Waals surface area contributed by atoms with Gasteiger partial charge in [0.05, 0.1) is 0 Å². The van der Waals surface area contributed by atoms with Crippen molar-refractivity contribution in [1.29, 1.82) is 0 Å². The highest BCUT2D eigenvalue weighted by Crippen LogP contribution is 2.46. The van der Waals surface area contributed by atoms with Gasteiger partial charge in [-0.1, -0.05) is 34.5 Å². The number of hydrogen-bond donors (Lipinski definition) is 1. The molecule has 0 atom stereocenters. The molecule has 1 aliphatic carbocycles. The second-order valence-electron chi connectivity index (χ2n) is 5.30. The first kappa shape index (κ1) is 13.2. The predicted molar refractivity (Wildman–Crippen MR) is 81.6 cm³/mol. The Morgan fingerprint density at radius 3 is 2.68 bits per heavy atom. The van der Waals surface area contributed by atoms with Crippen molar-refractivity contribution in [2.75, 3.05) is 0 Å². The van der Waals surface area contributed by atoms with Gasteiger partial charge in [-0.25, -0.2) is 0 Å². The van der Waals surface area contributed by atoms with Crippen molar-refractivity contribution >= 4 is 28.6 Å². The van der Waals surface area contributed by atoms with Crippen LogP contribution in [0.15, 0.2) is 33.9 Å². The predicted octanol–water partition coefficient (Wildman–Crippen LogP) is 3.53. The summed E-state index contributed by atoms with van der Waals surface area (Å²) in [5.41, 5.74) is 1.63. The van der Waals surface area contributed by atoms with Crippen LogP contribution < -0.4 is 0 Å². The Bertz CT molecular complexity index is 604. The molecule has 1 saturated carbocycles. The van der Waals surface area contributed by atoms with Gasteiger partial charge >= 0.3 is 0 Å². The number of halogens is 1. The van der Waals surface area contributed by atoms with E-state index in [1.54, 1.807) is 0 Å². The summed E-state index contributed by atoms with van der Waals surface area (Å²) in [4.78, 5) is 0. The van der Waals surface area contributed by atoms with Gasteiger partial charge in [-0.15, -0.1) is 22.8 Å². The summed E-state index contributed by atoms with van der Waals surface area (Å²) < 4.78 is 3.12. The second kappa shape index (κ2) is 4.94. The number of rotatable bonds is 3.